The van der Waals surface area contributed by atoms with Gasteiger partial charge in [-0.1, -0.05) is 6.07 Å². The van der Waals surface area contributed by atoms with Crippen molar-refractivity contribution in [2.45, 2.75) is 72.2 Å². The molecule has 2 aliphatic rings. The quantitative estimate of drug-likeness (QED) is 0.542. The first-order valence-electron chi connectivity index (χ1n) is 10.9. The third-order valence-electron chi connectivity index (χ3n) is 6.22. The Labute approximate surface area is 186 Å². The van der Waals surface area contributed by atoms with E-state index in [1.807, 2.05) is 66.7 Å². The molecule has 2 saturated heterocycles. The molecule has 0 radical (unpaired) electrons. The average molecular weight is 430 g/mol. The van der Waals surface area contributed by atoms with Crippen LogP contribution in [0.5, 0.6) is 0 Å². The van der Waals surface area contributed by atoms with Crippen molar-refractivity contribution in [3.8, 4) is 0 Å². The van der Waals surface area contributed by atoms with Gasteiger partial charge >= 0.3 is 13.2 Å². The van der Waals surface area contributed by atoms with Gasteiger partial charge in [-0.2, -0.15) is 0 Å². The molecule has 0 unspecified atom stereocenters. The largest absolute Gasteiger partial charge is 0.495 e. The number of benzene rings is 1. The number of hydrogen-bond donors (Lipinski definition) is 0. The Morgan fingerprint density at radius 2 is 1.55 bits per heavy atom. The number of Topliss-reactive ketones (excluding diaryl/α,β-unsaturated/α-hetero) is 1. The summed E-state index contributed by atoms with van der Waals surface area (Å²) in [5.41, 5.74) is 0.862. The van der Waals surface area contributed by atoms with Crippen molar-refractivity contribution in [1.29, 1.82) is 0 Å². The number of amides is 1. The lowest BCUT2D eigenvalue weighted by molar-refractivity contribution is 0.00578. The maximum Gasteiger partial charge on any atom is 0.495 e. The van der Waals surface area contributed by atoms with Gasteiger partial charge in [-0.3, -0.25) is 4.79 Å². The van der Waals surface area contributed by atoms with Crippen molar-refractivity contribution in [1.82, 2.24) is 4.90 Å². The van der Waals surface area contributed by atoms with E-state index in [1.165, 1.54) is 0 Å². The number of nitrogens with zero attached hydrogens (tertiary/aromatic N) is 2. The molecular formula is C23H35BN2O5. The van der Waals surface area contributed by atoms with Crippen LogP contribution in [0.2, 0.25) is 0 Å². The van der Waals surface area contributed by atoms with Crippen LogP contribution < -0.4 is 10.4 Å². The van der Waals surface area contributed by atoms with E-state index >= 15 is 0 Å². The predicted octanol–water partition coefficient (Wildman–Crippen LogP) is 3.25. The molecule has 0 atom stereocenters. The minimum absolute atomic E-state index is 0.0287. The molecule has 0 aromatic heterocycles. The van der Waals surface area contributed by atoms with Crippen molar-refractivity contribution in [2.75, 3.05) is 31.1 Å². The smallest absolute Gasteiger partial charge is 0.444 e. The highest BCUT2D eigenvalue weighted by atomic mass is 16.7. The molecule has 0 aliphatic carbocycles. The van der Waals surface area contributed by atoms with Crippen molar-refractivity contribution in [3.05, 3.63) is 23.8 Å². The molecular weight excluding hydrogens is 395 g/mol. The van der Waals surface area contributed by atoms with E-state index in [1.54, 1.807) is 11.8 Å². The zero-order valence-corrected chi connectivity index (χ0v) is 20.1. The molecule has 1 aromatic carbocycles. The van der Waals surface area contributed by atoms with Crippen LogP contribution in [0.15, 0.2) is 18.2 Å². The van der Waals surface area contributed by atoms with Gasteiger partial charge in [-0.05, 0) is 73.0 Å². The summed E-state index contributed by atoms with van der Waals surface area (Å²) in [4.78, 5) is 28.7. The van der Waals surface area contributed by atoms with E-state index < -0.39 is 23.9 Å². The molecule has 0 bridgehead atoms. The number of carbonyl (C=O) groups excluding carboxylic acids is 2. The Morgan fingerprint density at radius 1 is 1.00 bits per heavy atom. The Kier molecular flexibility index (Phi) is 6.19. The minimum atomic E-state index is -0.582. The summed E-state index contributed by atoms with van der Waals surface area (Å²) in [5, 5.41) is 0. The lowest BCUT2D eigenvalue weighted by atomic mass is 9.75. The van der Waals surface area contributed by atoms with Gasteiger partial charge in [0.25, 0.3) is 0 Å². The third-order valence-corrected chi connectivity index (χ3v) is 6.22. The van der Waals surface area contributed by atoms with Crippen molar-refractivity contribution < 1.29 is 23.6 Å². The Hall–Kier alpha value is -2.06. The Balaban J connectivity index is 1.74. The summed E-state index contributed by atoms with van der Waals surface area (Å²) >= 11 is 0. The number of ether oxygens (including phenoxy) is 1. The van der Waals surface area contributed by atoms with Crippen LogP contribution in [-0.2, 0) is 14.0 Å². The molecule has 8 heteroatoms. The first-order valence-corrected chi connectivity index (χ1v) is 10.9. The fraction of sp³-hybridized carbons (Fsp3) is 0.652. The number of rotatable bonds is 3. The summed E-state index contributed by atoms with van der Waals surface area (Å²) < 4.78 is 17.8. The number of carbonyl (C=O) groups is 2. The number of hydrogen-bond acceptors (Lipinski definition) is 6. The van der Waals surface area contributed by atoms with Crippen LogP contribution in [0, 0.1) is 0 Å². The monoisotopic (exact) mass is 430 g/mol. The van der Waals surface area contributed by atoms with E-state index in [4.69, 9.17) is 14.0 Å². The van der Waals surface area contributed by atoms with E-state index in [-0.39, 0.29) is 11.9 Å². The standard InChI is InChI=1S/C23H35BN2O5/c1-16(27)18-15-17(9-10-19(18)24-30-22(5,6)23(7,8)31-24)25-11-13-26(14-12-25)20(28)29-21(2,3)4/h9-10,15H,11-14H2,1-8H3. The van der Waals surface area contributed by atoms with Crippen LogP contribution in [0.3, 0.4) is 0 Å². The van der Waals surface area contributed by atoms with Crippen LogP contribution >= 0.6 is 0 Å². The molecule has 31 heavy (non-hydrogen) atoms. The first-order chi connectivity index (χ1) is 14.2. The van der Waals surface area contributed by atoms with Crippen LogP contribution in [0.25, 0.3) is 0 Å². The van der Waals surface area contributed by atoms with Gasteiger partial charge in [0, 0.05) is 37.4 Å². The second-order valence-electron chi connectivity index (χ2n) is 10.4. The van der Waals surface area contributed by atoms with Gasteiger partial charge in [-0.25, -0.2) is 4.79 Å². The second kappa shape index (κ2) is 8.13. The van der Waals surface area contributed by atoms with Gasteiger partial charge in [0.2, 0.25) is 0 Å². The number of piperazine rings is 1. The molecule has 1 aromatic rings. The molecule has 0 spiro atoms. The molecule has 3 rings (SSSR count). The van der Waals surface area contributed by atoms with Gasteiger partial charge < -0.3 is 23.8 Å². The zero-order chi connectivity index (χ0) is 23.2. The van der Waals surface area contributed by atoms with Gasteiger partial charge in [0.05, 0.1) is 11.2 Å². The summed E-state index contributed by atoms with van der Waals surface area (Å²) in [6.45, 7) is 17.7. The second-order valence-corrected chi connectivity index (χ2v) is 10.4. The minimum Gasteiger partial charge on any atom is -0.444 e. The maximum absolute atomic E-state index is 12.5. The van der Waals surface area contributed by atoms with Crippen LogP contribution in [0.4, 0.5) is 10.5 Å². The molecule has 0 saturated carbocycles. The highest BCUT2D eigenvalue weighted by Gasteiger charge is 2.52. The summed E-state index contributed by atoms with van der Waals surface area (Å²) in [7, 11) is -0.582. The number of ketones is 1. The van der Waals surface area contributed by atoms with Crippen LogP contribution in [-0.4, -0.2) is 66.9 Å². The van der Waals surface area contributed by atoms with Crippen molar-refractivity contribution in [3.63, 3.8) is 0 Å². The SMILES string of the molecule is CC(=O)c1cc(N2CCN(C(=O)OC(C)(C)C)CC2)ccc1B1OC(C)(C)C(C)(C)O1. The van der Waals surface area contributed by atoms with E-state index in [0.717, 1.165) is 11.2 Å². The summed E-state index contributed by atoms with van der Waals surface area (Å²) in [6.07, 6.45) is -0.285. The van der Waals surface area contributed by atoms with Crippen molar-refractivity contribution in [2.24, 2.45) is 0 Å². The average Bonchev–Trinajstić information content (AvgIpc) is 2.87. The highest BCUT2D eigenvalue weighted by molar-refractivity contribution is 6.63. The fourth-order valence-corrected chi connectivity index (χ4v) is 3.70. The lowest BCUT2D eigenvalue weighted by Crippen LogP contribution is -2.50. The molecule has 2 aliphatic heterocycles. The molecule has 0 N–H and O–H groups in total. The highest BCUT2D eigenvalue weighted by Crippen LogP contribution is 2.37. The maximum atomic E-state index is 12.5. The summed E-state index contributed by atoms with van der Waals surface area (Å²) in [6, 6.07) is 5.83. The van der Waals surface area contributed by atoms with E-state index in [2.05, 4.69) is 4.90 Å². The Morgan fingerprint density at radius 3 is 2.03 bits per heavy atom. The van der Waals surface area contributed by atoms with E-state index in [9.17, 15) is 9.59 Å². The fourth-order valence-electron chi connectivity index (χ4n) is 3.70. The normalized spacial score (nSPS) is 20.7. The van der Waals surface area contributed by atoms with Gasteiger partial charge in [0.1, 0.15) is 5.60 Å². The van der Waals surface area contributed by atoms with Crippen molar-refractivity contribution >= 4 is 30.1 Å². The molecule has 2 heterocycles. The molecule has 2 fully saturated rings. The molecule has 7 nitrogen and oxygen atoms in total. The molecule has 170 valence electrons. The topological polar surface area (TPSA) is 68.3 Å². The summed E-state index contributed by atoms with van der Waals surface area (Å²) in [5.74, 6) is -0.0287. The van der Waals surface area contributed by atoms with Gasteiger partial charge in [0.15, 0.2) is 5.78 Å². The predicted molar refractivity (Wildman–Crippen MR) is 122 cm³/mol. The third kappa shape index (κ3) is 5.06. The van der Waals surface area contributed by atoms with E-state index in [0.29, 0.717) is 31.7 Å². The number of anilines is 1. The lowest BCUT2D eigenvalue weighted by Gasteiger charge is -2.37. The van der Waals surface area contributed by atoms with Crippen LogP contribution in [0.1, 0.15) is 65.7 Å². The molecule has 1 amide bonds. The Bertz CT molecular complexity index is 838. The van der Waals surface area contributed by atoms with Gasteiger partial charge in [-0.15, -0.1) is 0 Å². The zero-order valence-electron chi connectivity index (χ0n) is 20.1. The first kappa shape index (κ1) is 23.6.